The fraction of sp³-hybridized carbons (Fsp3) is 0.900. The van der Waals surface area contributed by atoms with E-state index in [1.54, 1.807) is 0 Å². The van der Waals surface area contributed by atoms with Gasteiger partial charge >= 0.3 is 5.97 Å². The van der Waals surface area contributed by atoms with Crippen molar-refractivity contribution in [2.75, 3.05) is 13.2 Å². The molecule has 3 heterocycles. The van der Waals surface area contributed by atoms with Gasteiger partial charge in [0, 0.05) is 13.5 Å². The van der Waals surface area contributed by atoms with E-state index >= 15 is 0 Å². The van der Waals surface area contributed by atoms with Crippen LogP contribution in [0.2, 0.25) is 0 Å². The van der Waals surface area contributed by atoms with E-state index in [0.29, 0.717) is 12.6 Å². The Labute approximate surface area is 167 Å². The maximum Gasteiger partial charge on any atom is 0.303 e. The molecule has 160 valence electrons. The first-order valence-electron chi connectivity index (χ1n) is 10.5. The van der Waals surface area contributed by atoms with Crippen LogP contribution < -0.4 is 5.32 Å². The predicted octanol–water partition coefficient (Wildman–Crippen LogP) is 2.50. The molecular weight excluding hydrogens is 364 g/mol. The van der Waals surface area contributed by atoms with E-state index in [9.17, 15) is 4.79 Å². The van der Waals surface area contributed by atoms with Gasteiger partial charge in [0.25, 0.3) is 6.02 Å². The van der Waals surface area contributed by atoms with Crippen LogP contribution in [0.5, 0.6) is 0 Å². The highest BCUT2D eigenvalue weighted by Gasteiger charge is 2.58. The summed E-state index contributed by atoms with van der Waals surface area (Å²) >= 11 is 0. The van der Waals surface area contributed by atoms with Gasteiger partial charge in [-0.3, -0.25) is 4.79 Å². The Hall–Kier alpha value is -1.38. The van der Waals surface area contributed by atoms with Crippen LogP contribution in [-0.2, 0) is 28.5 Å². The van der Waals surface area contributed by atoms with Crippen LogP contribution in [0, 0.1) is 0 Å². The van der Waals surface area contributed by atoms with Crippen LogP contribution in [0.3, 0.4) is 0 Å². The predicted molar refractivity (Wildman–Crippen MR) is 103 cm³/mol. The van der Waals surface area contributed by atoms with Gasteiger partial charge in [-0.2, -0.15) is 0 Å². The Bertz CT molecular complexity index is 567. The van der Waals surface area contributed by atoms with Crippen molar-refractivity contribution < 1.29 is 28.5 Å². The molecule has 2 fully saturated rings. The number of carbonyl (C=O) groups is 1. The normalized spacial score (nSPS) is 33.3. The zero-order chi connectivity index (χ0) is 20.1. The van der Waals surface area contributed by atoms with Gasteiger partial charge < -0.3 is 29.0 Å². The smallest absolute Gasteiger partial charge is 0.303 e. The van der Waals surface area contributed by atoms with Crippen molar-refractivity contribution in [3.05, 3.63) is 0 Å². The molecule has 0 aliphatic carbocycles. The second kappa shape index (κ2) is 9.41. The van der Waals surface area contributed by atoms with Crippen molar-refractivity contribution in [1.82, 2.24) is 5.32 Å². The number of fused-ring (bicyclic) bond motifs is 1. The summed E-state index contributed by atoms with van der Waals surface area (Å²) in [6, 6.07) is 0.264. The van der Waals surface area contributed by atoms with Gasteiger partial charge in [0.2, 0.25) is 0 Å². The van der Waals surface area contributed by atoms with Gasteiger partial charge in [-0.1, -0.05) is 39.0 Å². The number of esters is 1. The molecule has 0 aromatic rings. The average molecular weight is 399 g/mol. The van der Waals surface area contributed by atoms with Crippen molar-refractivity contribution in [2.24, 2.45) is 4.99 Å². The summed E-state index contributed by atoms with van der Waals surface area (Å²) < 4.78 is 28.9. The molecule has 0 bridgehead atoms. The van der Waals surface area contributed by atoms with Crippen LogP contribution >= 0.6 is 0 Å². The van der Waals surface area contributed by atoms with Crippen molar-refractivity contribution in [2.45, 2.75) is 103 Å². The van der Waals surface area contributed by atoms with Gasteiger partial charge in [-0.15, -0.1) is 0 Å². The molecular formula is C20H34N2O6. The van der Waals surface area contributed by atoms with Crippen molar-refractivity contribution >= 4 is 12.0 Å². The molecule has 1 N–H and O–H groups in total. The van der Waals surface area contributed by atoms with Crippen LogP contribution in [-0.4, -0.2) is 61.6 Å². The van der Waals surface area contributed by atoms with Gasteiger partial charge in [0.15, 0.2) is 24.3 Å². The fourth-order valence-electron chi connectivity index (χ4n) is 3.89. The molecule has 0 unspecified atom stereocenters. The first-order chi connectivity index (χ1) is 13.4. The minimum atomic E-state index is -0.766. The summed E-state index contributed by atoms with van der Waals surface area (Å²) in [5.41, 5.74) is 0. The largest absolute Gasteiger partial charge is 0.463 e. The van der Waals surface area contributed by atoms with E-state index in [4.69, 9.17) is 23.7 Å². The number of hydrogen-bond acceptors (Lipinski definition) is 8. The summed E-state index contributed by atoms with van der Waals surface area (Å²) in [7, 11) is 0. The Kier molecular flexibility index (Phi) is 7.17. The minimum Gasteiger partial charge on any atom is -0.463 e. The average Bonchev–Trinajstić information content (AvgIpc) is 3.28. The first kappa shape index (κ1) is 21.3. The summed E-state index contributed by atoms with van der Waals surface area (Å²) in [5.74, 6) is -1.14. The van der Waals surface area contributed by atoms with Crippen molar-refractivity contribution in [3.63, 3.8) is 0 Å². The van der Waals surface area contributed by atoms with Crippen LogP contribution in [0.25, 0.3) is 0 Å². The minimum absolute atomic E-state index is 0.266. The molecule has 8 heteroatoms. The number of nitrogens with zero attached hydrogens (tertiary/aromatic N) is 1. The van der Waals surface area contributed by atoms with Gasteiger partial charge in [0.05, 0.1) is 0 Å². The summed E-state index contributed by atoms with van der Waals surface area (Å²) in [4.78, 5) is 16.2. The number of aliphatic imine (C=N–C) groups is 1. The Morgan fingerprint density at radius 3 is 2.68 bits per heavy atom. The molecule has 0 amide bonds. The van der Waals surface area contributed by atoms with Gasteiger partial charge in [0.1, 0.15) is 18.8 Å². The van der Waals surface area contributed by atoms with Crippen LogP contribution in [0.15, 0.2) is 4.99 Å². The lowest BCUT2D eigenvalue weighted by atomic mass is 10.0. The number of ether oxygens (including phenoxy) is 5. The highest BCUT2D eigenvalue weighted by atomic mass is 16.8. The standard InChI is InChI=1S/C20H34N2O6/c1-5-6-7-8-9-10-11-21-19-22-14(12-24-19)15-16(25-13(2)23)17-18(26-15)28-20(3,4)27-17/h14-18H,5-12H2,1-4H3,(H,21,22)/t14-,15-,16-,17+,18+/m0/s1. The molecule has 0 radical (unpaired) electrons. The molecule has 0 saturated carbocycles. The monoisotopic (exact) mass is 398 g/mol. The third-order valence-corrected chi connectivity index (χ3v) is 5.19. The maximum atomic E-state index is 11.6. The number of hydrogen-bond donors (Lipinski definition) is 1. The van der Waals surface area contributed by atoms with E-state index in [2.05, 4.69) is 17.2 Å². The fourth-order valence-corrected chi connectivity index (χ4v) is 3.89. The van der Waals surface area contributed by atoms with Crippen LogP contribution in [0.1, 0.15) is 66.2 Å². The highest BCUT2D eigenvalue weighted by molar-refractivity contribution is 5.75. The number of carbonyl (C=O) groups excluding carboxylic acids is 1. The molecule has 0 aromatic heterocycles. The summed E-state index contributed by atoms with van der Waals surface area (Å²) in [6.45, 7) is 8.45. The Balaban J connectivity index is 1.49. The molecule has 3 aliphatic rings. The molecule has 3 aliphatic heterocycles. The lowest BCUT2D eigenvalue weighted by Gasteiger charge is -2.26. The Morgan fingerprint density at radius 2 is 1.93 bits per heavy atom. The zero-order valence-electron chi connectivity index (χ0n) is 17.4. The van der Waals surface area contributed by atoms with Crippen LogP contribution in [0.4, 0.5) is 0 Å². The quantitative estimate of drug-likeness (QED) is 0.472. The maximum absolute atomic E-state index is 11.6. The molecule has 0 spiro atoms. The topological polar surface area (TPSA) is 87.6 Å². The third-order valence-electron chi connectivity index (χ3n) is 5.19. The van der Waals surface area contributed by atoms with E-state index < -0.39 is 30.4 Å². The van der Waals surface area contributed by atoms with Crippen molar-refractivity contribution in [1.29, 1.82) is 0 Å². The molecule has 2 saturated heterocycles. The van der Waals surface area contributed by atoms with E-state index in [1.165, 1.54) is 39.0 Å². The lowest BCUT2D eigenvalue weighted by molar-refractivity contribution is -0.220. The van der Waals surface area contributed by atoms with E-state index in [0.717, 1.165) is 13.0 Å². The SMILES string of the molecule is CCCCCCCCNC1=N[C@H]([C@@H]2O[C@@H]3OC(C)(C)O[C@@H]3[C@H]2OC(C)=O)CO1. The number of rotatable bonds is 9. The summed E-state index contributed by atoms with van der Waals surface area (Å²) in [6.07, 6.45) is 5.38. The Morgan fingerprint density at radius 1 is 1.18 bits per heavy atom. The molecule has 8 nitrogen and oxygen atoms in total. The molecule has 5 atom stereocenters. The van der Waals surface area contributed by atoms with Gasteiger partial charge in [-0.25, -0.2) is 4.99 Å². The zero-order valence-corrected chi connectivity index (χ0v) is 17.4. The summed E-state index contributed by atoms with van der Waals surface area (Å²) in [5, 5.41) is 3.25. The van der Waals surface area contributed by atoms with E-state index in [-0.39, 0.29) is 12.0 Å². The lowest BCUT2D eigenvalue weighted by Crippen LogP contribution is -2.43. The van der Waals surface area contributed by atoms with E-state index in [1.807, 2.05) is 13.8 Å². The first-order valence-corrected chi connectivity index (χ1v) is 10.5. The highest BCUT2D eigenvalue weighted by Crippen LogP contribution is 2.40. The van der Waals surface area contributed by atoms with Crippen molar-refractivity contribution in [3.8, 4) is 0 Å². The molecule has 28 heavy (non-hydrogen) atoms. The third kappa shape index (κ3) is 5.36. The number of unbranched alkanes of at least 4 members (excludes halogenated alkanes) is 5. The second-order valence-corrected chi connectivity index (χ2v) is 8.15. The molecule has 0 aromatic carbocycles. The molecule has 3 rings (SSSR count). The van der Waals surface area contributed by atoms with Gasteiger partial charge in [-0.05, 0) is 20.3 Å². The second-order valence-electron chi connectivity index (χ2n) is 8.15. The number of nitrogens with one attached hydrogen (secondary N) is 1. The number of amidine groups is 1.